The van der Waals surface area contributed by atoms with E-state index in [1.807, 2.05) is 0 Å². The Balaban J connectivity index is 2.27. The summed E-state index contributed by atoms with van der Waals surface area (Å²) >= 11 is 0. The van der Waals surface area contributed by atoms with E-state index in [9.17, 15) is 0 Å². The van der Waals surface area contributed by atoms with E-state index < -0.39 is 0 Å². The molecule has 0 N–H and O–H groups in total. The van der Waals surface area contributed by atoms with Crippen molar-refractivity contribution in [2.45, 2.75) is 12.5 Å². The standard InChI is InChI=1S/C9H10O/c1-2-6-9-8(4-1)5-3-7-10-9/h1-5,9H,6-7H2. The molecule has 1 heterocycles. The molecule has 0 fully saturated rings. The van der Waals surface area contributed by atoms with Crippen molar-refractivity contribution in [1.29, 1.82) is 0 Å². The van der Waals surface area contributed by atoms with Gasteiger partial charge < -0.3 is 4.74 Å². The number of ether oxygens (including phenoxy) is 1. The molecule has 1 aliphatic carbocycles. The molecule has 10 heavy (non-hydrogen) atoms. The van der Waals surface area contributed by atoms with Gasteiger partial charge in [0.2, 0.25) is 0 Å². The van der Waals surface area contributed by atoms with E-state index in [0.29, 0.717) is 6.10 Å². The van der Waals surface area contributed by atoms with Crippen LogP contribution in [-0.2, 0) is 4.74 Å². The molecule has 52 valence electrons. The van der Waals surface area contributed by atoms with Gasteiger partial charge in [0.25, 0.3) is 0 Å². The van der Waals surface area contributed by atoms with E-state index >= 15 is 0 Å². The molecule has 2 rings (SSSR count). The minimum Gasteiger partial charge on any atom is -0.369 e. The zero-order chi connectivity index (χ0) is 6.81. The van der Waals surface area contributed by atoms with E-state index in [2.05, 4.69) is 30.4 Å². The lowest BCUT2D eigenvalue weighted by molar-refractivity contribution is 0.0982. The minimum absolute atomic E-state index is 0.343. The van der Waals surface area contributed by atoms with Gasteiger partial charge in [-0.15, -0.1) is 0 Å². The average molecular weight is 134 g/mol. The molecule has 0 bridgehead atoms. The molecule has 1 unspecified atom stereocenters. The second-order valence-corrected chi connectivity index (χ2v) is 2.55. The van der Waals surface area contributed by atoms with Gasteiger partial charge in [0.15, 0.2) is 0 Å². The highest BCUT2D eigenvalue weighted by Crippen LogP contribution is 2.20. The summed E-state index contributed by atoms with van der Waals surface area (Å²) in [6.07, 6.45) is 11.9. The summed E-state index contributed by atoms with van der Waals surface area (Å²) in [4.78, 5) is 0. The van der Waals surface area contributed by atoms with Crippen molar-refractivity contribution in [2.75, 3.05) is 6.61 Å². The molecule has 1 nitrogen and oxygen atoms in total. The third-order valence-electron chi connectivity index (χ3n) is 1.85. The van der Waals surface area contributed by atoms with Gasteiger partial charge in [0.1, 0.15) is 0 Å². The Hall–Kier alpha value is -0.820. The molecule has 1 atom stereocenters. The zero-order valence-corrected chi connectivity index (χ0v) is 5.79. The molecule has 0 saturated heterocycles. The Kier molecular flexibility index (Phi) is 1.44. The normalized spacial score (nSPS) is 29.6. The van der Waals surface area contributed by atoms with Crippen LogP contribution < -0.4 is 0 Å². The van der Waals surface area contributed by atoms with Crippen molar-refractivity contribution in [3.63, 3.8) is 0 Å². The van der Waals surface area contributed by atoms with Crippen LogP contribution in [-0.4, -0.2) is 12.7 Å². The SMILES string of the molecule is C1=CCC2OCC=CC2=C1. The predicted octanol–water partition coefficient (Wildman–Crippen LogP) is 1.83. The number of hydrogen-bond acceptors (Lipinski definition) is 1. The minimum atomic E-state index is 0.343. The zero-order valence-electron chi connectivity index (χ0n) is 5.79. The molecule has 2 aliphatic rings. The third-order valence-corrected chi connectivity index (χ3v) is 1.85. The molecular weight excluding hydrogens is 124 g/mol. The largest absolute Gasteiger partial charge is 0.369 e. The first-order valence-corrected chi connectivity index (χ1v) is 3.62. The van der Waals surface area contributed by atoms with Crippen molar-refractivity contribution < 1.29 is 4.74 Å². The molecule has 1 aliphatic heterocycles. The monoisotopic (exact) mass is 134 g/mol. The summed E-state index contributed by atoms with van der Waals surface area (Å²) in [5.74, 6) is 0. The first-order chi connectivity index (χ1) is 4.97. The van der Waals surface area contributed by atoms with Gasteiger partial charge in [-0.1, -0.05) is 30.4 Å². The van der Waals surface area contributed by atoms with Crippen LogP contribution in [0.2, 0.25) is 0 Å². The lowest BCUT2D eigenvalue weighted by Crippen LogP contribution is -2.19. The Morgan fingerprint density at radius 1 is 1.40 bits per heavy atom. The maximum atomic E-state index is 5.48. The van der Waals surface area contributed by atoms with E-state index in [-0.39, 0.29) is 0 Å². The molecule has 0 aromatic rings. The summed E-state index contributed by atoms with van der Waals surface area (Å²) in [5.41, 5.74) is 1.31. The lowest BCUT2D eigenvalue weighted by Gasteiger charge is -2.22. The van der Waals surface area contributed by atoms with Gasteiger partial charge >= 0.3 is 0 Å². The van der Waals surface area contributed by atoms with Crippen LogP contribution in [0.5, 0.6) is 0 Å². The van der Waals surface area contributed by atoms with Gasteiger partial charge in [-0.2, -0.15) is 0 Å². The highest BCUT2D eigenvalue weighted by Gasteiger charge is 2.15. The molecule has 0 amide bonds. The average Bonchev–Trinajstić information content (AvgIpc) is 2.05. The van der Waals surface area contributed by atoms with Crippen LogP contribution in [0.4, 0.5) is 0 Å². The van der Waals surface area contributed by atoms with Gasteiger partial charge in [-0.05, 0) is 12.0 Å². The fraction of sp³-hybridized carbons (Fsp3) is 0.333. The second-order valence-electron chi connectivity index (χ2n) is 2.55. The predicted molar refractivity (Wildman–Crippen MR) is 40.7 cm³/mol. The highest BCUT2D eigenvalue weighted by atomic mass is 16.5. The van der Waals surface area contributed by atoms with Crippen molar-refractivity contribution in [3.05, 3.63) is 36.0 Å². The quantitative estimate of drug-likeness (QED) is 0.491. The topological polar surface area (TPSA) is 9.23 Å². The molecule has 1 heteroatoms. The van der Waals surface area contributed by atoms with Crippen LogP contribution in [0, 0.1) is 0 Å². The second kappa shape index (κ2) is 2.43. The lowest BCUT2D eigenvalue weighted by atomic mass is 10.00. The van der Waals surface area contributed by atoms with Crippen LogP contribution in [0.3, 0.4) is 0 Å². The van der Waals surface area contributed by atoms with Crippen molar-refractivity contribution >= 4 is 0 Å². The number of fused-ring (bicyclic) bond motifs is 1. The number of allylic oxidation sites excluding steroid dienone is 2. The van der Waals surface area contributed by atoms with E-state index in [4.69, 9.17) is 4.74 Å². The Bertz CT molecular complexity index is 211. The van der Waals surface area contributed by atoms with Crippen molar-refractivity contribution in [2.24, 2.45) is 0 Å². The Morgan fingerprint density at radius 3 is 3.30 bits per heavy atom. The van der Waals surface area contributed by atoms with Gasteiger partial charge in [0, 0.05) is 0 Å². The maximum Gasteiger partial charge on any atom is 0.0863 e. The summed E-state index contributed by atoms with van der Waals surface area (Å²) < 4.78 is 5.48. The van der Waals surface area contributed by atoms with E-state index in [1.54, 1.807) is 0 Å². The summed E-state index contributed by atoms with van der Waals surface area (Å²) in [6.45, 7) is 0.774. The molecule has 0 aromatic carbocycles. The summed E-state index contributed by atoms with van der Waals surface area (Å²) in [6, 6.07) is 0. The maximum absolute atomic E-state index is 5.48. The van der Waals surface area contributed by atoms with Crippen LogP contribution >= 0.6 is 0 Å². The van der Waals surface area contributed by atoms with Crippen molar-refractivity contribution in [3.8, 4) is 0 Å². The van der Waals surface area contributed by atoms with Gasteiger partial charge in [-0.25, -0.2) is 0 Å². The summed E-state index contributed by atoms with van der Waals surface area (Å²) in [5, 5.41) is 0. The van der Waals surface area contributed by atoms with E-state index in [1.165, 1.54) is 5.57 Å². The van der Waals surface area contributed by atoms with Crippen LogP contribution in [0.1, 0.15) is 6.42 Å². The molecular formula is C9H10O. The molecule has 0 aromatic heterocycles. The first-order valence-electron chi connectivity index (χ1n) is 3.62. The summed E-state index contributed by atoms with van der Waals surface area (Å²) in [7, 11) is 0. The van der Waals surface area contributed by atoms with Crippen molar-refractivity contribution in [1.82, 2.24) is 0 Å². The number of rotatable bonds is 0. The fourth-order valence-corrected chi connectivity index (χ4v) is 1.31. The number of hydrogen-bond donors (Lipinski definition) is 0. The van der Waals surface area contributed by atoms with E-state index in [0.717, 1.165) is 13.0 Å². The van der Waals surface area contributed by atoms with Gasteiger partial charge in [-0.3, -0.25) is 0 Å². The van der Waals surface area contributed by atoms with Crippen LogP contribution in [0.15, 0.2) is 36.0 Å². The first kappa shape index (κ1) is 5.93. The highest BCUT2D eigenvalue weighted by molar-refractivity contribution is 5.32. The third kappa shape index (κ3) is 0.929. The molecule has 0 radical (unpaired) electrons. The van der Waals surface area contributed by atoms with Gasteiger partial charge in [0.05, 0.1) is 12.7 Å². The van der Waals surface area contributed by atoms with Crippen LogP contribution in [0.25, 0.3) is 0 Å². The Labute approximate surface area is 60.7 Å². The fourth-order valence-electron chi connectivity index (χ4n) is 1.31. The smallest absolute Gasteiger partial charge is 0.0863 e. The molecule has 0 spiro atoms. The molecule has 0 saturated carbocycles. The Morgan fingerprint density at radius 2 is 2.40 bits per heavy atom.